The van der Waals surface area contributed by atoms with Crippen LogP contribution in [-0.4, -0.2) is 0 Å². The van der Waals surface area contributed by atoms with Crippen molar-refractivity contribution in [3.63, 3.8) is 0 Å². The minimum Gasteiger partial charge on any atom is -0.0697 e. The third-order valence-electron chi connectivity index (χ3n) is 1.34. The Balaban J connectivity index is 2.94. The second-order valence-electron chi connectivity index (χ2n) is 2.17. The van der Waals surface area contributed by atoms with Gasteiger partial charge in [0.05, 0.1) is 0 Å². The summed E-state index contributed by atoms with van der Waals surface area (Å²) in [7, 11) is 0. The van der Waals surface area contributed by atoms with Crippen LogP contribution in [-0.2, 0) is 6.42 Å². The van der Waals surface area contributed by atoms with Gasteiger partial charge in [-0.2, -0.15) is 0 Å². The van der Waals surface area contributed by atoms with E-state index in [-0.39, 0.29) is 0 Å². The summed E-state index contributed by atoms with van der Waals surface area (Å²) >= 11 is 0. The standard InChI is InChI=1S/C9H10/c1-3-9-6-4-5-8(2)7-9/h6-7H,3H2,1-2H3. The van der Waals surface area contributed by atoms with E-state index < -0.39 is 0 Å². The van der Waals surface area contributed by atoms with E-state index in [0.29, 0.717) is 0 Å². The van der Waals surface area contributed by atoms with Gasteiger partial charge in [-0.05, 0) is 36.6 Å². The van der Waals surface area contributed by atoms with Gasteiger partial charge in [-0.15, -0.1) is 0 Å². The molecule has 9 heavy (non-hydrogen) atoms. The van der Waals surface area contributed by atoms with Gasteiger partial charge in [0.15, 0.2) is 0 Å². The number of hydrogen-bond acceptors (Lipinski definition) is 0. The van der Waals surface area contributed by atoms with Gasteiger partial charge >= 0.3 is 0 Å². The van der Waals surface area contributed by atoms with Gasteiger partial charge < -0.3 is 0 Å². The lowest BCUT2D eigenvalue weighted by molar-refractivity contribution is 1.13. The highest BCUT2D eigenvalue weighted by Crippen LogP contribution is 1.98. The Kier molecular flexibility index (Phi) is 1.75. The highest BCUT2D eigenvalue weighted by molar-refractivity contribution is 5.16. The summed E-state index contributed by atoms with van der Waals surface area (Å²) in [5.41, 5.74) is 2.51. The second kappa shape index (κ2) is 2.55. The molecule has 1 rings (SSSR count). The molecule has 0 aliphatic heterocycles. The Morgan fingerprint density at radius 1 is 1.56 bits per heavy atom. The van der Waals surface area contributed by atoms with E-state index in [0.717, 1.165) is 6.42 Å². The fourth-order valence-electron chi connectivity index (χ4n) is 0.803. The van der Waals surface area contributed by atoms with E-state index in [4.69, 9.17) is 0 Å². The van der Waals surface area contributed by atoms with Crippen LogP contribution in [0.15, 0.2) is 12.1 Å². The van der Waals surface area contributed by atoms with Gasteiger partial charge in [-0.25, -0.2) is 0 Å². The molecule has 0 aromatic heterocycles. The molecule has 1 aromatic rings. The molecule has 0 saturated heterocycles. The number of aryl methyl sites for hydroxylation is 2. The molecular weight excluding hydrogens is 108 g/mol. The fourth-order valence-corrected chi connectivity index (χ4v) is 0.803. The van der Waals surface area contributed by atoms with Gasteiger partial charge in [0, 0.05) is 0 Å². The molecular formula is C9H10. The molecule has 0 saturated carbocycles. The predicted octanol–water partition coefficient (Wildman–Crippen LogP) is 2.16. The van der Waals surface area contributed by atoms with Crippen molar-refractivity contribution in [3.05, 3.63) is 35.4 Å². The van der Waals surface area contributed by atoms with Crippen LogP contribution in [0.25, 0.3) is 0 Å². The smallest absolute Gasteiger partial charge is 0.000429 e. The maximum atomic E-state index is 2.98. The highest BCUT2D eigenvalue weighted by atomic mass is 13.9. The molecule has 0 bridgehead atoms. The van der Waals surface area contributed by atoms with Crippen molar-refractivity contribution in [1.82, 2.24) is 0 Å². The monoisotopic (exact) mass is 118 g/mol. The van der Waals surface area contributed by atoms with Crippen molar-refractivity contribution in [2.75, 3.05) is 0 Å². The van der Waals surface area contributed by atoms with E-state index in [1.54, 1.807) is 0 Å². The molecule has 0 nitrogen and oxygen atoms in total. The van der Waals surface area contributed by atoms with Crippen LogP contribution in [0.3, 0.4) is 0 Å². The highest BCUT2D eigenvalue weighted by Gasteiger charge is 1.84. The lowest BCUT2D eigenvalue weighted by Crippen LogP contribution is -1.77. The normalized spacial score (nSPS) is 8.67. The van der Waals surface area contributed by atoms with Gasteiger partial charge in [-0.1, -0.05) is 19.1 Å². The van der Waals surface area contributed by atoms with Crippen LogP contribution in [0.4, 0.5) is 0 Å². The summed E-state index contributed by atoms with van der Waals surface area (Å²) in [5.74, 6) is 0. The average molecular weight is 118 g/mol. The first kappa shape index (κ1) is 6.16. The maximum Gasteiger partial charge on any atom is -0.000429 e. The summed E-state index contributed by atoms with van der Waals surface area (Å²) in [6.07, 6.45) is 1.09. The lowest BCUT2D eigenvalue weighted by Gasteiger charge is -1.90. The van der Waals surface area contributed by atoms with Crippen LogP contribution >= 0.6 is 0 Å². The molecule has 46 valence electrons. The molecule has 0 atom stereocenters. The van der Waals surface area contributed by atoms with Crippen molar-refractivity contribution in [2.45, 2.75) is 20.3 Å². The minimum atomic E-state index is 1.09. The van der Waals surface area contributed by atoms with Crippen LogP contribution in [0.2, 0.25) is 0 Å². The summed E-state index contributed by atoms with van der Waals surface area (Å²) in [5, 5.41) is 0. The average Bonchev–Trinajstić information content (AvgIpc) is 1.88. The van der Waals surface area contributed by atoms with Crippen LogP contribution in [0, 0.1) is 19.1 Å². The third-order valence-corrected chi connectivity index (χ3v) is 1.34. The van der Waals surface area contributed by atoms with Crippen LogP contribution in [0.1, 0.15) is 18.1 Å². The van der Waals surface area contributed by atoms with Gasteiger partial charge in [0.2, 0.25) is 0 Å². The summed E-state index contributed by atoms with van der Waals surface area (Å²) in [6, 6.07) is 10.1. The molecule has 0 heterocycles. The van der Waals surface area contributed by atoms with Gasteiger partial charge in [-0.3, -0.25) is 0 Å². The first-order valence-electron chi connectivity index (χ1n) is 3.22. The summed E-state index contributed by atoms with van der Waals surface area (Å²) in [4.78, 5) is 0. The minimum absolute atomic E-state index is 1.09. The van der Waals surface area contributed by atoms with Crippen molar-refractivity contribution in [3.8, 4) is 0 Å². The number of rotatable bonds is 1. The van der Waals surface area contributed by atoms with Crippen molar-refractivity contribution >= 4 is 0 Å². The molecule has 0 amide bonds. The zero-order valence-corrected chi connectivity index (χ0v) is 5.86. The molecule has 0 unspecified atom stereocenters. The Hall–Kier alpha value is -0.960. The Morgan fingerprint density at radius 3 is 2.78 bits per heavy atom. The maximum absolute atomic E-state index is 2.98. The molecule has 0 fully saturated rings. The van der Waals surface area contributed by atoms with Crippen molar-refractivity contribution in [1.29, 1.82) is 0 Å². The van der Waals surface area contributed by atoms with Crippen molar-refractivity contribution < 1.29 is 0 Å². The van der Waals surface area contributed by atoms with Gasteiger partial charge in [0.25, 0.3) is 0 Å². The van der Waals surface area contributed by atoms with E-state index >= 15 is 0 Å². The Morgan fingerprint density at radius 2 is 2.33 bits per heavy atom. The van der Waals surface area contributed by atoms with Crippen LogP contribution in [0.5, 0.6) is 0 Å². The zero-order valence-electron chi connectivity index (χ0n) is 5.86. The Bertz CT molecular complexity index is 189. The summed E-state index contributed by atoms with van der Waals surface area (Å²) < 4.78 is 0. The molecule has 0 N–H and O–H groups in total. The SMILES string of the molecule is CCc1cc#cc(C)c1. The quantitative estimate of drug-likeness (QED) is 0.530. The third kappa shape index (κ3) is 1.47. The van der Waals surface area contributed by atoms with Crippen LogP contribution < -0.4 is 0 Å². The largest absolute Gasteiger partial charge is 0.0697 e. The predicted molar refractivity (Wildman–Crippen MR) is 38.2 cm³/mol. The van der Waals surface area contributed by atoms with Crippen molar-refractivity contribution in [2.24, 2.45) is 0 Å². The van der Waals surface area contributed by atoms with Gasteiger partial charge in [0.1, 0.15) is 0 Å². The lowest BCUT2D eigenvalue weighted by atomic mass is 10.1. The van der Waals surface area contributed by atoms with E-state index in [9.17, 15) is 0 Å². The molecule has 0 radical (unpaired) electrons. The molecule has 0 heteroatoms. The van der Waals surface area contributed by atoms with E-state index in [2.05, 4.69) is 25.1 Å². The molecule has 0 aliphatic rings. The van der Waals surface area contributed by atoms with E-state index in [1.807, 2.05) is 13.0 Å². The Labute approximate surface area is 56.5 Å². The fraction of sp³-hybridized carbons (Fsp3) is 0.333. The first-order chi connectivity index (χ1) is 4.33. The first-order valence-corrected chi connectivity index (χ1v) is 3.22. The second-order valence-corrected chi connectivity index (χ2v) is 2.17. The summed E-state index contributed by atoms with van der Waals surface area (Å²) in [6.45, 7) is 4.18. The molecule has 0 spiro atoms. The van der Waals surface area contributed by atoms with E-state index in [1.165, 1.54) is 11.1 Å². The number of hydrogen-bond donors (Lipinski definition) is 0. The molecule has 0 aliphatic carbocycles. The zero-order chi connectivity index (χ0) is 6.69. The topological polar surface area (TPSA) is 0 Å². The molecule has 1 aromatic carbocycles.